The van der Waals surface area contributed by atoms with Gasteiger partial charge in [-0.1, -0.05) is 34.1 Å². The number of nitrogens with zero attached hydrogens (tertiary/aromatic N) is 2. The summed E-state index contributed by atoms with van der Waals surface area (Å²) in [5, 5.41) is 2.89. The second kappa shape index (κ2) is 6.90. The standard InChI is InChI=1S/C19H14BrN3OS/c20-13-7-8-17-16(10-13)15-5-1-2-6-18(15)25-23(17)12-19(24)22-14-4-3-9-21-11-14/h1-11H,12H2,(H,22,24). The fourth-order valence-corrected chi connectivity index (χ4v) is 4.22. The molecule has 0 unspecified atom stereocenters. The molecule has 0 fully saturated rings. The third-order valence-corrected chi connectivity index (χ3v) is 5.44. The molecule has 0 bridgehead atoms. The molecule has 2 aromatic carbocycles. The van der Waals surface area contributed by atoms with Gasteiger partial charge in [-0.15, -0.1) is 0 Å². The molecule has 0 radical (unpaired) electrons. The molecule has 0 spiro atoms. The number of rotatable bonds is 3. The Morgan fingerprint density at radius 3 is 2.84 bits per heavy atom. The summed E-state index contributed by atoms with van der Waals surface area (Å²) in [6.07, 6.45) is 3.32. The van der Waals surface area contributed by atoms with Crippen LogP contribution in [0.15, 0.2) is 76.4 Å². The van der Waals surface area contributed by atoms with Gasteiger partial charge in [0.05, 0.1) is 17.6 Å². The molecule has 1 aromatic heterocycles. The van der Waals surface area contributed by atoms with Gasteiger partial charge in [-0.2, -0.15) is 0 Å². The first-order valence-electron chi connectivity index (χ1n) is 7.75. The Balaban J connectivity index is 1.62. The number of carbonyl (C=O) groups excluding carboxylic acids is 1. The van der Waals surface area contributed by atoms with Crippen molar-refractivity contribution in [1.82, 2.24) is 4.98 Å². The summed E-state index contributed by atoms with van der Waals surface area (Å²) in [6.45, 7) is 0.253. The summed E-state index contributed by atoms with van der Waals surface area (Å²) in [5.41, 5.74) is 4.05. The van der Waals surface area contributed by atoms with Gasteiger partial charge in [0.25, 0.3) is 0 Å². The molecule has 4 rings (SSSR count). The Morgan fingerprint density at radius 2 is 2.00 bits per heavy atom. The smallest absolute Gasteiger partial charge is 0.245 e. The number of amides is 1. The Bertz CT molecular complexity index is 933. The predicted molar refractivity (Wildman–Crippen MR) is 106 cm³/mol. The van der Waals surface area contributed by atoms with E-state index in [4.69, 9.17) is 0 Å². The monoisotopic (exact) mass is 411 g/mol. The molecule has 1 N–H and O–H groups in total. The lowest BCUT2D eigenvalue weighted by atomic mass is 10.0. The van der Waals surface area contributed by atoms with Crippen LogP contribution in [-0.4, -0.2) is 17.4 Å². The van der Waals surface area contributed by atoms with E-state index in [0.29, 0.717) is 5.69 Å². The number of nitrogens with one attached hydrogen (secondary N) is 1. The number of halogens is 1. The van der Waals surface area contributed by atoms with Crippen LogP contribution in [0.4, 0.5) is 11.4 Å². The van der Waals surface area contributed by atoms with E-state index in [-0.39, 0.29) is 12.5 Å². The number of carbonyl (C=O) groups is 1. The summed E-state index contributed by atoms with van der Waals surface area (Å²) in [7, 11) is 0. The molecule has 0 aliphatic carbocycles. The molecule has 0 saturated carbocycles. The zero-order chi connectivity index (χ0) is 17.2. The number of fused-ring (bicyclic) bond motifs is 3. The van der Waals surface area contributed by atoms with Crippen LogP contribution in [0, 0.1) is 0 Å². The molecule has 0 saturated heterocycles. The van der Waals surface area contributed by atoms with Crippen molar-refractivity contribution >= 4 is 45.2 Å². The minimum absolute atomic E-state index is 0.0752. The summed E-state index contributed by atoms with van der Waals surface area (Å²) >= 11 is 5.13. The normalized spacial score (nSPS) is 12.3. The van der Waals surface area contributed by atoms with Crippen LogP contribution in [0.5, 0.6) is 0 Å². The highest BCUT2D eigenvalue weighted by molar-refractivity contribution is 9.10. The van der Waals surface area contributed by atoms with Crippen molar-refractivity contribution < 1.29 is 4.79 Å². The van der Waals surface area contributed by atoms with E-state index in [9.17, 15) is 4.79 Å². The van der Waals surface area contributed by atoms with E-state index in [1.54, 1.807) is 30.4 Å². The van der Waals surface area contributed by atoms with E-state index < -0.39 is 0 Å². The molecule has 0 atom stereocenters. The van der Waals surface area contributed by atoms with Crippen LogP contribution < -0.4 is 9.62 Å². The number of hydrogen-bond donors (Lipinski definition) is 1. The molecular formula is C19H14BrN3OS. The summed E-state index contributed by atoms with van der Waals surface area (Å²) < 4.78 is 3.04. The first-order valence-corrected chi connectivity index (χ1v) is 9.32. The van der Waals surface area contributed by atoms with Crippen LogP contribution in [-0.2, 0) is 4.79 Å². The third-order valence-electron chi connectivity index (χ3n) is 3.85. The molecule has 1 aliphatic heterocycles. The van der Waals surface area contributed by atoms with Gasteiger partial charge in [0.1, 0.15) is 6.54 Å². The topological polar surface area (TPSA) is 45.2 Å². The fourth-order valence-electron chi connectivity index (χ4n) is 2.76. The lowest BCUT2D eigenvalue weighted by Gasteiger charge is -2.31. The second-order valence-corrected chi connectivity index (χ2v) is 7.55. The van der Waals surface area contributed by atoms with E-state index in [1.165, 1.54) is 5.56 Å². The van der Waals surface area contributed by atoms with E-state index in [1.807, 2.05) is 34.6 Å². The maximum atomic E-state index is 12.5. The van der Waals surface area contributed by atoms with Crippen molar-refractivity contribution in [3.63, 3.8) is 0 Å². The molecule has 4 nitrogen and oxygen atoms in total. The highest BCUT2D eigenvalue weighted by atomic mass is 79.9. The first-order chi connectivity index (χ1) is 12.2. The van der Waals surface area contributed by atoms with Crippen molar-refractivity contribution in [2.45, 2.75) is 4.90 Å². The van der Waals surface area contributed by atoms with Crippen molar-refractivity contribution in [3.8, 4) is 11.1 Å². The minimum Gasteiger partial charge on any atom is -0.323 e. The van der Waals surface area contributed by atoms with Crippen LogP contribution in [0.2, 0.25) is 0 Å². The number of aromatic nitrogens is 1. The van der Waals surface area contributed by atoms with Crippen LogP contribution >= 0.6 is 27.9 Å². The molecule has 1 aliphatic rings. The predicted octanol–water partition coefficient (Wildman–Crippen LogP) is 4.98. The highest BCUT2D eigenvalue weighted by Crippen LogP contribution is 2.46. The van der Waals surface area contributed by atoms with Gasteiger partial charge in [-0.05, 0) is 53.9 Å². The summed E-state index contributed by atoms with van der Waals surface area (Å²) in [4.78, 5) is 17.6. The van der Waals surface area contributed by atoms with Gasteiger partial charge in [-0.3, -0.25) is 9.78 Å². The van der Waals surface area contributed by atoms with Gasteiger partial charge < -0.3 is 9.62 Å². The molecular weight excluding hydrogens is 398 g/mol. The van der Waals surface area contributed by atoms with Gasteiger partial charge in [0, 0.05) is 21.1 Å². The maximum Gasteiger partial charge on any atom is 0.245 e. The lowest BCUT2D eigenvalue weighted by molar-refractivity contribution is -0.114. The molecule has 2 heterocycles. The number of pyridine rings is 1. The van der Waals surface area contributed by atoms with Crippen LogP contribution in [0.1, 0.15) is 0 Å². The minimum atomic E-state index is -0.0752. The number of hydrogen-bond acceptors (Lipinski definition) is 4. The summed E-state index contributed by atoms with van der Waals surface area (Å²) in [6, 6.07) is 18.0. The maximum absolute atomic E-state index is 12.5. The largest absolute Gasteiger partial charge is 0.323 e. The van der Waals surface area contributed by atoms with Crippen molar-refractivity contribution in [2.75, 3.05) is 16.2 Å². The third kappa shape index (κ3) is 3.41. The van der Waals surface area contributed by atoms with Crippen molar-refractivity contribution in [1.29, 1.82) is 0 Å². The zero-order valence-electron chi connectivity index (χ0n) is 13.1. The molecule has 25 heavy (non-hydrogen) atoms. The SMILES string of the molecule is O=C(CN1Sc2ccccc2-c2cc(Br)ccc21)Nc1cccnc1. The average Bonchev–Trinajstić information content (AvgIpc) is 2.62. The Labute approximate surface area is 158 Å². The Kier molecular flexibility index (Phi) is 4.46. The highest BCUT2D eigenvalue weighted by Gasteiger charge is 2.24. The lowest BCUT2D eigenvalue weighted by Crippen LogP contribution is -2.29. The number of anilines is 2. The van der Waals surface area contributed by atoms with Gasteiger partial charge in [-0.25, -0.2) is 0 Å². The molecule has 1 amide bonds. The van der Waals surface area contributed by atoms with Gasteiger partial charge >= 0.3 is 0 Å². The second-order valence-electron chi connectivity index (χ2n) is 5.58. The summed E-state index contributed by atoms with van der Waals surface area (Å²) in [5.74, 6) is -0.0752. The van der Waals surface area contributed by atoms with Gasteiger partial charge in [0.15, 0.2) is 0 Å². The first kappa shape index (κ1) is 16.2. The average molecular weight is 412 g/mol. The van der Waals surface area contributed by atoms with Crippen LogP contribution in [0.3, 0.4) is 0 Å². The molecule has 124 valence electrons. The van der Waals surface area contributed by atoms with E-state index >= 15 is 0 Å². The Morgan fingerprint density at radius 1 is 1.12 bits per heavy atom. The quantitative estimate of drug-likeness (QED) is 0.617. The van der Waals surface area contributed by atoms with Gasteiger partial charge in [0.2, 0.25) is 5.91 Å². The van der Waals surface area contributed by atoms with E-state index in [2.05, 4.69) is 44.4 Å². The van der Waals surface area contributed by atoms with Crippen molar-refractivity contribution in [3.05, 3.63) is 71.5 Å². The van der Waals surface area contributed by atoms with Crippen molar-refractivity contribution in [2.24, 2.45) is 0 Å². The van der Waals surface area contributed by atoms with E-state index in [0.717, 1.165) is 20.6 Å². The number of benzene rings is 2. The fraction of sp³-hybridized carbons (Fsp3) is 0.0526. The molecule has 6 heteroatoms. The van der Waals surface area contributed by atoms with Crippen LogP contribution in [0.25, 0.3) is 11.1 Å². The Hall–Kier alpha value is -2.31. The molecule has 3 aromatic rings. The zero-order valence-corrected chi connectivity index (χ0v) is 15.5.